The Labute approximate surface area is 89.3 Å². The van der Waals surface area contributed by atoms with Crippen molar-refractivity contribution in [1.29, 1.82) is 0 Å². The largest absolute Gasteiger partial charge is 0.214 e. The summed E-state index contributed by atoms with van der Waals surface area (Å²) in [4.78, 5) is 3.62. The molecule has 0 unspecified atom stereocenters. The maximum absolute atomic E-state index is 12.7. The second-order valence-electron chi connectivity index (χ2n) is 4.11. The Balaban J connectivity index is 3.06. The maximum atomic E-state index is 12.7. The minimum absolute atomic E-state index is 0.0352. The minimum atomic E-state index is -0.522. The fourth-order valence-electron chi connectivity index (χ4n) is 1.68. The molecule has 0 aliphatic carbocycles. The molecule has 0 aliphatic heterocycles. The van der Waals surface area contributed by atoms with Crippen molar-refractivity contribution in [3.8, 4) is 0 Å². The van der Waals surface area contributed by atoms with Gasteiger partial charge in [0.25, 0.3) is 0 Å². The standard InChI is InChI=1S/C11H15ClFN/c1-4-7-11(2,3)8-5-6-9(13)14-10(8)12/h5-6H,4,7H2,1-3H3. The monoisotopic (exact) mass is 215 g/mol. The van der Waals surface area contributed by atoms with Crippen LogP contribution in [0.3, 0.4) is 0 Å². The van der Waals surface area contributed by atoms with Crippen LogP contribution in [0, 0.1) is 5.95 Å². The van der Waals surface area contributed by atoms with Crippen molar-refractivity contribution in [2.75, 3.05) is 0 Å². The van der Waals surface area contributed by atoms with E-state index >= 15 is 0 Å². The summed E-state index contributed by atoms with van der Waals surface area (Å²) in [5.74, 6) is -0.522. The molecule has 3 heteroatoms. The van der Waals surface area contributed by atoms with Gasteiger partial charge in [-0.15, -0.1) is 0 Å². The average Bonchev–Trinajstić information content (AvgIpc) is 2.02. The predicted molar refractivity (Wildman–Crippen MR) is 57.1 cm³/mol. The lowest BCUT2D eigenvalue weighted by Gasteiger charge is -2.25. The summed E-state index contributed by atoms with van der Waals surface area (Å²) >= 11 is 5.90. The molecule has 0 fully saturated rings. The molecule has 1 aromatic heterocycles. The first kappa shape index (κ1) is 11.4. The van der Waals surface area contributed by atoms with Gasteiger partial charge in [0.1, 0.15) is 5.15 Å². The molecule has 0 N–H and O–H groups in total. The van der Waals surface area contributed by atoms with Crippen LogP contribution in [0.2, 0.25) is 5.15 Å². The van der Waals surface area contributed by atoms with Crippen LogP contribution in [0.15, 0.2) is 12.1 Å². The van der Waals surface area contributed by atoms with E-state index in [2.05, 4.69) is 25.8 Å². The molecule has 1 aromatic rings. The fraction of sp³-hybridized carbons (Fsp3) is 0.545. The van der Waals surface area contributed by atoms with Gasteiger partial charge in [-0.1, -0.05) is 44.9 Å². The number of rotatable bonds is 3. The van der Waals surface area contributed by atoms with Crippen LogP contribution in [0.4, 0.5) is 4.39 Å². The molecule has 0 aromatic carbocycles. The third kappa shape index (κ3) is 2.44. The Bertz CT molecular complexity index is 323. The molecule has 0 aliphatic rings. The molecule has 0 amide bonds. The van der Waals surface area contributed by atoms with Gasteiger partial charge >= 0.3 is 0 Å². The first-order valence-electron chi connectivity index (χ1n) is 4.80. The van der Waals surface area contributed by atoms with Gasteiger partial charge < -0.3 is 0 Å². The lowest BCUT2D eigenvalue weighted by Crippen LogP contribution is -2.17. The summed E-state index contributed by atoms with van der Waals surface area (Å²) in [5, 5.41) is 0.281. The van der Waals surface area contributed by atoms with Gasteiger partial charge in [-0.2, -0.15) is 4.39 Å². The molecular weight excluding hydrogens is 201 g/mol. The van der Waals surface area contributed by atoms with E-state index in [0.29, 0.717) is 0 Å². The Morgan fingerprint density at radius 2 is 2.07 bits per heavy atom. The van der Waals surface area contributed by atoms with Gasteiger partial charge in [-0.3, -0.25) is 0 Å². The van der Waals surface area contributed by atoms with Gasteiger partial charge in [0.05, 0.1) is 0 Å². The van der Waals surface area contributed by atoms with Crippen molar-refractivity contribution in [2.45, 2.75) is 39.0 Å². The van der Waals surface area contributed by atoms with Crippen LogP contribution >= 0.6 is 11.6 Å². The summed E-state index contributed by atoms with van der Waals surface area (Å²) < 4.78 is 12.7. The maximum Gasteiger partial charge on any atom is 0.214 e. The van der Waals surface area contributed by atoms with Gasteiger partial charge in [0, 0.05) is 0 Å². The molecule has 0 atom stereocenters. The van der Waals surface area contributed by atoms with Gasteiger partial charge in [-0.25, -0.2) is 4.98 Å². The summed E-state index contributed by atoms with van der Waals surface area (Å²) in [6.45, 7) is 6.31. The quantitative estimate of drug-likeness (QED) is 0.696. The summed E-state index contributed by atoms with van der Waals surface area (Å²) in [7, 11) is 0. The molecule has 1 nitrogen and oxygen atoms in total. The zero-order valence-corrected chi connectivity index (χ0v) is 9.53. The SMILES string of the molecule is CCCC(C)(C)c1ccc(F)nc1Cl. The number of nitrogens with zero attached hydrogens (tertiary/aromatic N) is 1. The van der Waals surface area contributed by atoms with Crippen molar-refractivity contribution in [3.63, 3.8) is 0 Å². The van der Waals surface area contributed by atoms with E-state index < -0.39 is 5.95 Å². The second-order valence-corrected chi connectivity index (χ2v) is 4.46. The summed E-state index contributed by atoms with van der Waals surface area (Å²) in [6, 6.07) is 3.08. The third-order valence-electron chi connectivity index (χ3n) is 2.42. The van der Waals surface area contributed by atoms with Gasteiger partial charge in [0.15, 0.2) is 0 Å². The number of halogens is 2. The molecule has 0 saturated carbocycles. The smallest absolute Gasteiger partial charge is 0.208 e. The van der Waals surface area contributed by atoms with Gasteiger partial charge in [0.2, 0.25) is 5.95 Å². The number of aromatic nitrogens is 1. The van der Waals surface area contributed by atoms with E-state index in [-0.39, 0.29) is 10.6 Å². The Morgan fingerprint density at radius 1 is 1.43 bits per heavy atom. The van der Waals surface area contributed by atoms with Crippen molar-refractivity contribution in [1.82, 2.24) is 4.98 Å². The highest BCUT2D eigenvalue weighted by atomic mass is 35.5. The molecule has 1 heterocycles. The lowest BCUT2D eigenvalue weighted by molar-refractivity contribution is 0.468. The highest BCUT2D eigenvalue weighted by Crippen LogP contribution is 2.32. The topological polar surface area (TPSA) is 12.9 Å². The fourth-order valence-corrected chi connectivity index (χ4v) is 2.08. The number of hydrogen-bond acceptors (Lipinski definition) is 1. The van der Waals surface area contributed by atoms with Crippen LogP contribution in [0.5, 0.6) is 0 Å². The Kier molecular flexibility index (Phi) is 3.48. The highest BCUT2D eigenvalue weighted by molar-refractivity contribution is 6.30. The lowest BCUT2D eigenvalue weighted by atomic mass is 9.81. The average molecular weight is 216 g/mol. The Morgan fingerprint density at radius 3 is 2.57 bits per heavy atom. The first-order chi connectivity index (χ1) is 6.47. The molecule has 14 heavy (non-hydrogen) atoms. The van der Waals surface area contributed by atoms with E-state index in [4.69, 9.17) is 11.6 Å². The Hall–Kier alpha value is -0.630. The molecule has 0 radical (unpaired) electrons. The van der Waals surface area contributed by atoms with E-state index in [1.807, 2.05) is 0 Å². The first-order valence-corrected chi connectivity index (χ1v) is 5.17. The second kappa shape index (κ2) is 4.26. The molecular formula is C11H15ClFN. The van der Waals surface area contributed by atoms with Crippen LogP contribution < -0.4 is 0 Å². The molecule has 0 bridgehead atoms. The zero-order valence-electron chi connectivity index (χ0n) is 8.77. The van der Waals surface area contributed by atoms with Crippen LogP contribution in [-0.4, -0.2) is 4.98 Å². The number of pyridine rings is 1. The zero-order chi connectivity index (χ0) is 10.8. The van der Waals surface area contributed by atoms with E-state index in [9.17, 15) is 4.39 Å². The van der Waals surface area contributed by atoms with Crippen LogP contribution in [-0.2, 0) is 5.41 Å². The predicted octanol–water partition coefficient (Wildman–Crippen LogP) is 3.95. The molecule has 1 rings (SSSR count). The third-order valence-corrected chi connectivity index (χ3v) is 2.71. The van der Waals surface area contributed by atoms with Crippen molar-refractivity contribution in [2.24, 2.45) is 0 Å². The molecule has 0 saturated heterocycles. The molecule has 78 valence electrons. The molecule has 0 spiro atoms. The van der Waals surface area contributed by atoms with Crippen LogP contribution in [0.25, 0.3) is 0 Å². The van der Waals surface area contributed by atoms with Gasteiger partial charge in [-0.05, 0) is 23.5 Å². The van der Waals surface area contributed by atoms with Crippen molar-refractivity contribution >= 4 is 11.6 Å². The van der Waals surface area contributed by atoms with E-state index in [1.165, 1.54) is 6.07 Å². The minimum Gasteiger partial charge on any atom is -0.208 e. The van der Waals surface area contributed by atoms with Crippen LogP contribution in [0.1, 0.15) is 39.2 Å². The highest BCUT2D eigenvalue weighted by Gasteiger charge is 2.23. The number of hydrogen-bond donors (Lipinski definition) is 0. The van der Waals surface area contributed by atoms with E-state index in [1.54, 1.807) is 6.07 Å². The normalized spacial score (nSPS) is 11.8. The van der Waals surface area contributed by atoms with Crippen molar-refractivity contribution in [3.05, 3.63) is 28.8 Å². The van der Waals surface area contributed by atoms with Crippen molar-refractivity contribution < 1.29 is 4.39 Å². The van der Waals surface area contributed by atoms with E-state index in [0.717, 1.165) is 18.4 Å². The summed E-state index contributed by atoms with van der Waals surface area (Å²) in [5.41, 5.74) is 0.884. The summed E-state index contributed by atoms with van der Waals surface area (Å²) in [6.07, 6.45) is 2.08.